The predicted octanol–water partition coefficient (Wildman–Crippen LogP) is 2.53. The summed E-state index contributed by atoms with van der Waals surface area (Å²) in [6, 6.07) is 8.93. The molecule has 124 valence electrons. The number of carbonyl (C=O) groups excluding carboxylic acids is 1. The largest absolute Gasteiger partial charge is 0.494 e. The van der Waals surface area contributed by atoms with Crippen LogP contribution in [-0.4, -0.2) is 37.7 Å². The fourth-order valence-electron chi connectivity index (χ4n) is 2.28. The van der Waals surface area contributed by atoms with Crippen LogP contribution in [0, 0.1) is 0 Å². The van der Waals surface area contributed by atoms with Crippen molar-refractivity contribution in [2.24, 2.45) is 0 Å². The summed E-state index contributed by atoms with van der Waals surface area (Å²) in [7, 11) is 1.59. The van der Waals surface area contributed by atoms with Crippen LogP contribution in [0.4, 0.5) is 5.13 Å². The van der Waals surface area contributed by atoms with E-state index in [9.17, 15) is 4.79 Å². The molecule has 1 amide bonds. The first-order valence-corrected chi connectivity index (χ1v) is 8.13. The van der Waals surface area contributed by atoms with Gasteiger partial charge in [-0.15, -0.1) is 10.2 Å². The number of hydrogen-bond acceptors (Lipinski definition) is 7. The SMILES string of the molecule is COc1cccc2sc(NC(=O)c3ccc(-n4ccnc4)nn3)nc12. The molecule has 0 saturated heterocycles. The van der Waals surface area contributed by atoms with Crippen LogP contribution in [-0.2, 0) is 0 Å². The van der Waals surface area contributed by atoms with Crippen LogP contribution in [0.2, 0.25) is 0 Å². The average Bonchev–Trinajstić information content (AvgIpc) is 3.30. The van der Waals surface area contributed by atoms with E-state index in [1.807, 2.05) is 18.2 Å². The summed E-state index contributed by atoms with van der Waals surface area (Å²) in [5.41, 5.74) is 0.918. The molecule has 1 N–H and O–H groups in total. The van der Waals surface area contributed by atoms with Gasteiger partial charge in [0.05, 0.1) is 11.8 Å². The molecular formula is C16H12N6O2S. The maximum Gasteiger partial charge on any atom is 0.277 e. The number of thiazole rings is 1. The van der Waals surface area contributed by atoms with Gasteiger partial charge >= 0.3 is 0 Å². The Morgan fingerprint density at radius 2 is 2.16 bits per heavy atom. The van der Waals surface area contributed by atoms with Crippen molar-refractivity contribution in [3.63, 3.8) is 0 Å². The van der Waals surface area contributed by atoms with Gasteiger partial charge < -0.3 is 4.74 Å². The number of fused-ring (bicyclic) bond motifs is 1. The predicted molar refractivity (Wildman–Crippen MR) is 93.3 cm³/mol. The number of hydrogen-bond donors (Lipinski definition) is 1. The molecule has 0 spiro atoms. The third-order valence-electron chi connectivity index (χ3n) is 3.47. The van der Waals surface area contributed by atoms with E-state index in [0.717, 1.165) is 4.70 Å². The molecule has 8 nitrogen and oxygen atoms in total. The van der Waals surface area contributed by atoms with Crippen molar-refractivity contribution in [1.82, 2.24) is 24.7 Å². The molecule has 1 aromatic carbocycles. The normalized spacial score (nSPS) is 10.8. The summed E-state index contributed by atoms with van der Waals surface area (Å²) >= 11 is 1.37. The van der Waals surface area contributed by atoms with Crippen molar-refractivity contribution < 1.29 is 9.53 Å². The van der Waals surface area contributed by atoms with E-state index >= 15 is 0 Å². The molecule has 0 aliphatic rings. The van der Waals surface area contributed by atoms with Gasteiger partial charge in [-0.3, -0.25) is 14.7 Å². The van der Waals surface area contributed by atoms with E-state index in [1.165, 1.54) is 11.3 Å². The number of carbonyl (C=O) groups is 1. The van der Waals surface area contributed by atoms with E-state index in [-0.39, 0.29) is 11.6 Å². The van der Waals surface area contributed by atoms with Gasteiger partial charge in [-0.1, -0.05) is 17.4 Å². The van der Waals surface area contributed by atoms with Gasteiger partial charge in [-0.2, -0.15) is 0 Å². The van der Waals surface area contributed by atoms with Crippen LogP contribution in [0.1, 0.15) is 10.5 Å². The molecule has 0 unspecified atom stereocenters. The second-order valence-corrected chi connectivity index (χ2v) is 6.06. The van der Waals surface area contributed by atoms with E-state index in [1.54, 1.807) is 42.5 Å². The van der Waals surface area contributed by atoms with Crippen molar-refractivity contribution in [3.05, 3.63) is 54.7 Å². The Kier molecular flexibility index (Phi) is 3.82. The molecule has 3 heterocycles. The molecule has 0 saturated carbocycles. The number of ether oxygens (including phenoxy) is 1. The number of nitrogens with one attached hydrogen (secondary N) is 1. The minimum absolute atomic E-state index is 0.204. The van der Waals surface area contributed by atoms with Crippen LogP contribution in [0.3, 0.4) is 0 Å². The van der Waals surface area contributed by atoms with Crippen LogP contribution in [0.15, 0.2) is 49.1 Å². The number of rotatable bonds is 4. The zero-order valence-corrected chi connectivity index (χ0v) is 13.9. The summed E-state index contributed by atoms with van der Waals surface area (Å²) < 4.78 is 7.91. The highest BCUT2D eigenvalue weighted by molar-refractivity contribution is 7.22. The highest BCUT2D eigenvalue weighted by Gasteiger charge is 2.14. The Bertz CT molecular complexity index is 1030. The lowest BCUT2D eigenvalue weighted by molar-refractivity contribution is 0.102. The lowest BCUT2D eigenvalue weighted by Crippen LogP contribution is -2.14. The molecule has 0 aliphatic carbocycles. The molecule has 4 rings (SSSR count). The molecule has 25 heavy (non-hydrogen) atoms. The van der Waals surface area contributed by atoms with Gasteiger partial charge in [0.15, 0.2) is 16.6 Å². The maximum absolute atomic E-state index is 12.3. The number of amides is 1. The Morgan fingerprint density at radius 3 is 2.88 bits per heavy atom. The second kappa shape index (κ2) is 6.29. The van der Waals surface area contributed by atoms with Crippen LogP contribution < -0.4 is 10.1 Å². The van der Waals surface area contributed by atoms with Gasteiger partial charge in [0, 0.05) is 12.4 Å². The van der Waals surface area contributed by atoms with Crippen molar-refractivity contribution >= 4 is 32.6 Å². The Labute approximate surface area is 146 Å². The number of nitrogens with zero attached hydrogens (tertiary/aromatic N) is 5. The molecule has 0 atom stereocenters. The molecule has 4 aromatic rings. The summed E-state index contributed by atoms with van der Waals surface area (Å²) in [5, 5.41) is 11.2. The standard InChI is InChI=1S/C16H12N6O2S/c1-24-11-3-2-4-12-14(11)18-16(25-12)19-15(23)10-5-6-13(21-20-10)22-8-7-17-9-22/h2-9H,1H3,(H,18,19,23). The molecule has 0 aliphatic heterocycles. The quantitative estimate of drug-likeness (QED) is 0.606. The van der Waals surface area contributed by atoms with E-state index in [0.29, 0.717) is 22.2 Å². The Balaban J connectivity index is 1.55. The van der Waals surface area contributed by atoms with Crippen molar-refractivity contribution in [2.75, 3.05) is 12.4 Å². The smallest absolute Gasteiger partial charge is 0.277 e. The number of anilines is 1. The third kappa shape index (κ3) is 2.92. The number of benzene rings is 1. The minimum Gasteiger partial charge on any atom is -0.494 e. The van der Waals surface area contributed by atoms with Crippen molar-refractivity contribution in [1.29, 1.82) is 0 Å². The first kappa shape index (κ1) is 15.2. The highest BCUT2D eigenvalue weighted by Crippen LogP contribution is 2.32. The Hall–Kier alpha value is -3.33. The van der Waals surface area contributed by atoms with E-state index in [2.05, 4.69) is 25.5 Å². The number of imidazole rings is 1. The summed E-state index contributed by atoms with van der Waals surface area (Å²) in [4.78, 5) is 20.7. The van der Waals surface area contributed by atoms with Crippen LogP contribution in [0.25, 0.3) is 16.0 Å². The first-order chi connectivity index (χ1) is 12.2. The van der Waals surface area contributed by atoms with Crippen molar-refractivity contribution in [3.8, 4) is 11.6 Å². The topological polar surface area (TPSA) is 94.8 Å². The lowest BCUT2D eigenvalue weighted by Gasteiger charge is -2.02. The summed E-state index contributed by atoms with van der Waals surface area (Å²) in [6.45, 7) is 0. The first-order valence-electron chi connectivity index (χ1n) is 7.31. The zero-order valence-electron chi connectivity index (χ0n) is 13.1. The summed E-state index contributed by atoms with van der Waals surface area (Å²) in [6.07, 6.45) is 5.00. The van der Waals surface area contributed by atoms with E-state index < -0.39 is 0 Å². The second-order valence-electron chi connectivity index (χ2n) is 5.03. The van der Waals surface area contributed by atoms with Crippen LogP contribution >= 0.6 is 11.3 Å². The van der Waals surface area contributed by atoms with Crippen molar-refractivity contribution in [2.45, 2.75) is 0 Å². The van der Waals surface area contributed by atoms with Gasteiger partial charge in [-0.25, -0.2) is 9.97 Å². The molecule has 0 radical (unpaired) electrons. The number of para-hydroxylation sites is 1. The van der Waals surface area contributed by atoms with Crippen LogP contribution in [0.5, 0.6) is 5.75 Å². The summed E-state index contributed by atoms with van der Waals surface area (Å²) in [5.74, 6) is 0.875. The minimum atomic E-state index is -0.372. The van der Waals surface area contributed by atoms with Gasteiger partial charge in [0.2, 0.25) is 0 Å². The lowest BCUT2D eigenvalue weighted by atomic mass is 10.3. The number of aromatic nitrogens is 5. The molecule has 9 heteroatoms. The third-order valence-corrected chi connectivity index (χ3v) is 4.41. The molecule has 3 aromatic heterocycles. The number of methoxy groups -OCH3 is 1. The van der Waals surface area contributed by atoms with Gasteiger partial charge in [0.1, 0.15) is 17.6 Å². The highest BCUT2D eigenvalue weighted by atomic mass is 32.1. The Morgan fingerprint density at radius 1 is 1.24 bits per heavy atom. The molecular weight excluding hydrogens is 340 g/mol. The monoisotopic (exact) mass is 352 g/mol. The fourth-order valence-corrected chi connectivity index (χ4v) is 3.16. The average molecular weight is 352 g/mol. The van der Waals surface area contributed by atoms with Gasteiger partial charge in [0.25, 0.3) is 5.91 Å². The van der Waals surface area contributed by atoms with Gasteiger partial charge in [-0.05, 0) is 24.3 Å². The molecule has 0 fully saturated rings. The zero-order chi connectivity index (χ0) is 17.2. The fraction of sp³-hybridized carbons (Fsp3) is 0.0625. The molecule has 0 bridgehead atoms. The maximum atomic E-state index is 12.3. The van der Waals surface area contributed by atoms with E-state index in [4.69, 9.17) is 4.74 Å².